The van der Waals surface area contributed by atoms with Gasteiger partial charge in [-0.3, -0.25) is 4.79 Å². The fraction of sp³-hybridized carbons (Fsp3) is 0.350. The van der Waals surface area contributed by atoms with Crippen LogP contribution in [-0.4, -0.2) is 35.3 Å². The van der Waals surface area contributed by atoms with Gasteiger partial charge in [0.25, 0.3) is 0 Å². The Morgan fingerprint density at radius 1 is 1.16 bits per heavy atom. The Balaban J connectivity index is 1.80. The second-order valence-electron chi connectivity index (χ2n) is 5.67. The number of carbonyl (C=O) groups is 1. The van der Waals surface area contributed by atoms with E-state index in [-0.39, 0.29) is 11.7 Å². The first-order chi connectivity index (χ1) is 12.1. The van der Waals surface area contributed by atoms with Gasteiger partial charge in [-0.2, -0.15) is 0 Å². The van der Waals surface area contributed by atoms with Crippen molar-refractivity contribution in [3.63, 3.8) is 0 Å². The molecule has 4 nitrogen and oxygen atoms in total. The highest BCUT2D eigenvalue weighted by atomic mass is 32.2. The summed E-state index contributed by atoms with van der Waals surface area (Å²) >= 11 is 1.70. The number of ether oxygens (including phenoxy) is 1. The number of rotatable bonds is 9. The second kappa shape index (κ2) is 9.99. The normalized spacial score (nSPS) is 10.5. The zero-order valence-electron chi connectivity index (χ0n) is 14.8. The first-order valence-electron chi connectivity index (χ1n) is 8.45. The molecule has 0 aliphatic carbocycles. The Morgan fingerprint density at radius 2 is 1.88 bits per heavy atom. The molecule has 0 unspecified atom stereocenters. The van der Waals surface area contributed by atoms with E-state index in [1.165, 1.54) is 0 Å². The predicted octanol–water partition coefficient (Wildman–Crippen LogP) is 4.32. The standard InChI is InChI=1S/C20H25NO3S/c1-3-21(15-16-7-4-5-8-19(16)24-2)20(23)9-6-14-25-18-12-10-17(22)11-13-18/h4-5,7-8,10-13,22H,3,6,9,14-15H2,1-2H3. The molecule has 0 aliphatic rings. The summed E-state index contributed by atoms with van der Waals surface area (Å²) in [4.78, 5) is 15.4. The lowest BCUT2D eigenvalue weighted by Crippen LogP contribution is -2.30. The van der Waals surface area contributed by atoms with Gasteiger partial charge in [-0.25, -0.2) is 0 Å². The highest BCUT2D eigenvalue weighted by Gasteiger charge is 2.14. The number of phenolic OH excluding ortho intramolecular Hbond substituents is 1. The summed E-state index contributed by atoms with van der Waals surface area (Å²) in [5, 5.41) is 9.28. The van der Waals surface area contributed by atoms with Crippen molar-refractivity contribution in [3.8, 4) is 11.5 Å². The van der Waals surface area contributed by atoms with E-state index in [0.29, 0.717) is 19.5 Å². The first kappa shape index (κ1) is 19.2. The number of aromatic hydroxyl groups is 1. The van der Waals surface area contributed by atoms with E-state index in [0.717, 1.165) is 28.4 Å². The van der Waals surface area contributed by atoms with E-state index in [1.54, 1.807) is 31.0 Å². The minimum Gasteiger partial charge on any atom is -0.508 e. The second-order valence-corrected chi connectivity index (χ2v) is 6.83. The van der Waals surface area contributed by atoms with Crippen LogP contribution in [0.4, 0.5) is 0 Å². The summed E-state index contributed by atoms with van der Waals surface area (Å²) in [6.45, 7) is 3.25. The van der Waals surface area contributed by atoms with Crippen LogP contribution >= 0.6 is 11.8 Å². The van der Waals surface area contributed by atoms with Crippen molar-refractivity contribution in [3.05, 3.63) is 54.1 Å². The van der Waals surface area contributed by atoms with Gasteiger partial charge in [-0.1, -0.05) is 18.2 Å². The molecular weight excluding hydrogens is 334 g/mol. The van der Waals surface area contributed by atoms with Crippen molar-refractivity contribution < 1.29 is 14.6 Å². The molecule has 0 aliphatic heterocycles. The summed E-state index contributed by atoms with van der Waals surface area (Å²) in [6, 6.07) is 15.0. The topological polar surface area (TPSA) is 49.8 Å². The van der Waals surface area contributed by atoms with E-state index < -0.39 is 0 Å². The van der Waals surface area contributed by atoms with Gasteiger partial charge in [0.1, 0.15) is 11.5 Å². The van der Waals surface area contributed by atoms with Crippen LogP contribution in [0.2, 0.25) is 0 Å². The van der Waals surface area contributed by atoms with Crippen LogP contribution in [0.5, 0.6) is 11.5 Å². The van der Waals surface area contributed by atoms with Crippen molar-refractivity contribution in [2.75, 3.05) is 19.4 Å². The van der Waals surface area contributed by atoms with E-state index >= 15 is 0 Å². The number of phenols is 1. The Bertz CT molecular complexity index is 673. The zero-order chi connectivity index (χ0) is 18.1. The van der Waals surface area contributed by atoms with Gasteiger partial charge in [-0.05, 0) is 49.4 Å². The van der Waals surface area contributed by atoms with Gasteiger partial charge in [0, 0.05) is 30.0 Å². The fourth-order valence-electron chi connectivity index (χ4n) is 2.53. The van der Waals surface area contributed by atoms with Gasteiger partial charge in [0.05, 0.1) is 7.11 Å². The van der Waals surface area contributed by atoms with Crippen LogP contribution in [0.15, 0.2) is 53.4 Å². The third-order valence-electron chi connectivity index (χ3n) is 3.93. The highest BCUT2D eigenvalue weighted by Crippen LogP contribution is 2.23. The van der Waals surface area contributed by atoms with Crippen molar-refractivity contribution in [2.45, 2.75) is 31.2 Å². The van der Waals surface area contributed by atoms with Gasteiger partial charge < -0.3 is 14.7 Å². The molecule has 0 bridgehead atoms. The number of methoxy groups -OCH3 is 1. The molecule has 0 fully saturated rings. The lowest BCUT2D eigenvalue weighted by molar-refractivity contribution is -0.131. The summed E-state index contributed by atoms with van der Waals surface area (Å²) in [6.07, 6.45) is 1.36. The molecule has 0 heterocycles. The molecule has 0 saturated carbocycles. The van der Waals surface area contributed by atoms with Crippen LogP contribution in [0, 0.1) is 0 Å². The largest absolute Gasteiger partial charge is 0.508 e. The average Bonchev–Trinajstić information content (AvgIpc) is 2.64. The lowest BCUT2D eigenvalue weighted by atomic mass is 10.1. The molecule has 0 spiro atoms. The van der Waals surface area contributed by atoms with Crippen molar-refractivity contribution in [1.82, 2.24) is 4.90 Å². The fourth-order valence-corrected chi connectivity index (χ4v) is 3.38. The maximum absolute atomic E-state index is 12.5. The van der Waals surface area contributed by atoms with Gasteiger partial charge in [0.15, 0.2) is 0 Å². The Kier molecular flexibility index (Phi) is 7.67. The zero-order valence-corrected chi connectivity index (χ0v) is 15.6. The SMILES string of the molecule is CCN(Cc1ccccc1OC)C(=O)CCCSc1ccc(O)cc1. The maximum Gasteiger partial charge on any atom is 0.222 e. The number of nitrogens with zero attached hydrogens (tertiary/aromatic N) is 1. The molecule has 5 heteroatoms. The molecule has 0 aromatic heterocycles. The maximum atomic E-state index is 12.5. The minimum atomic E-state index is 0.166. The number of para-hydroxylation sites is 1. The molecule has 0 radical (unpaired) electrons. The van der Waals surface area contributed by atoms with Gasteiger partial charge in [-0.15, -0.1) is 11.8 Å². The Morgan fingerprint density at radius 3 is 2.56 bits per heavy atom. The molecule has 0 atom stereocenters. The Hall–Kier alpha value is -2.14. The van der Waals surface area contributed by atoms with Crippen LogP contribution in [0.1, 0.15) is 25.3 Å². The molecule has 1 N–H and O–H groups in total. The van der Waals surface area contributed by atoms with Crippen molar-refractivity contribution in [2.24, 2.45) is 0 Å². The summed E-state index contributed by atoms with van der Waals surface area (Å²) in [5.41, 5.74) is 1.03. The van der Waals surface area contributed by atoms with Crippen molar-refractivity contribution >= 4 is 17.7 Å². The average molecular weight is 359 g/mol. The number of hydrogen-bond acceptors (Lipinski definition) is 4. The quantitative estimate of drug-likeness (QED) is 0.535. The predicted molar refractivity (Wildman–Crippen MR) is 102 cm³/mol. The summed E-state index contributed by atoms with van der Waals surface area (Å²) < 4.78 is 5.37. The third kappa shape index (κ3) is 6.02. The number of amides is 1. The molecule has 1 amide bonds. The first-order valence-corrected chi connectivity index (χ1v) is 9.44. The van der Waals surface area contributed by atoms with E-state index in [9.17, 15) is 9.90 Å². The molecule has 2 aromatic rings. The molecule has 25 heavy (non-hydrogen) atoms. The molecule has 0 saturated heterocycles. The van der Waals surface area contributed by atoms with Crippen LogP contribution in [-0.2, 0) is 11.3 Å². The number of hydrogen-bond donors (Lipinski definition) is 1. The third-order valence-corrected chi connectivity index (χ3v) is 5.03. The summed E-state index contributed by atoms with van der Waals surface area (Å²) in [5.74, 6) is 2.13. The molecule has 2 aromatic carbocycles. The Labute approximate surface area is 153 Å². The van der Waals surface area contributed by atoms with Crippen molar-refractivity contribution in [1.29, 1.82) is 0 Å². The smallest absolute Gasteiger partial charge is 0.222 e. The number of thioether (sulfide) groups is 1. The van der Waals surface area contributed by atoms with Crippen LogP contribution in [0.25, 0.3) is 0 Å². The van der Waals surface area contributed by atoms with Gasteiger partial charge >= 0.3 is 0 Å². The van der Waals surface area contributed by atoms with Crippen LogP contribution in [0.3, 0.4) is 0 Å². The van der Waals surface area contributed by atoms with E-state index in [2.05, 4.69) is 0 Å². The monoisotopic (exact) mass is 359 g/mol. The van der Waals surface area contributed by atoms with E-state index in [1.807, 2.05) is 48.2 Å². The lowest BCUT2D eigenvalue weighted by Gasteiger charge is -2.22. The van der Waals surface area contributed by atoms with Crippen LogP contribution < -0.4 is 4.74 Å². The van der Waals surface area contributed by atoms with E-state index in [4.69, 9.17) is 4.74 Å². The molecular formula is C20H25NO3S. The minimum absolute atomic E-state index is 0.166. The van der Waals surface area contributed by atoms with Gasteiger partial charge in [0.2, 0.25) is 5.91 Å². The number of benzene rings is 2. The number of carbonyl (C=O) groups excluding carboxylic acids is 1. The molecule has 2 rings (SSSR count). The summed E-state index contributed by atoms with van der Waals surface area (Å²) in [7, 11) is 1.65. The highest BCUT2D eigenvalue weighted by molar-refractivity contribution is 7.99. The molecule has 134 valence electrons.